The van der Waals surface area contributed by atoms with E-state index in [0.717, 1.165) is 19.4 Å². The van der Waals surface area contributed by atoms with Gasteiger partial charge in [-0.05, 0) is 18.9 Å². The minimum absolute atomic E-state index is 0.0221. The zero-order valence-corrected chi connectivity index (χ0v) is 8.90. The van der Waals surface area contributed by atoms with Crippen molar-refractivity contribution < 1.29 is 9.53 Å². The summed E-state index contributed by atoms with van der Waals surface area (Å²) in [6.07, 6.45) is 6.03. The Labute approximate surface area is 89.2 Å². The normalized spacial score (nSPS) is 20.5. The molecule has 0 bridgehead atoms. The SMILES string of the molecule is Cn1ccc(C(=O)NCC2CCCO2)c1. The molecule has 0 spiro atoms. The molecule has 0 saturated carbocycles. The average Bonchev–Trinajstić information content (AvgIpc) is 2.84. The number of rotatable bonds is 3. The third-order valence-corrected chi connectivity index (χ3v) is 2.61. The summed E-state index contributed by atoms with van der Waals surface area (Å²) in [5.41, 5.74) is 0.704. The van der Waals surface area contributed by atoms with E-state index in [2.05, 4.69) is 5.32 Å². The maximum Gasteiger partial charge on any atom is 0.252 e. The fourth-order valence-electron chi connectivity index (χ4n) is 1.75. The summed E-state index contributed by atoms with van der Waals surface area (Å²) in [5.74, 6) is -0.0221. The van der Waals surface area contributed by atoms with E-state index in [1.165, 1.54) is 0 Å². The Morgan fingerprint density at radius 2 is 2.60 bits per heavy atom. The van der Waals surface area contributed by atoms with Gasteiger partial charge in [-0.1, -0.05) is 0 Å². The number of nitrogens with one attached hydrogen (secondary N) is 1. The van der Waals surface area contributed by atoms with Gasteiger partial charge in [-0.15, -0.1) is 0 Å². The molecule has 1 saturated heterocycles. The molecule has 1 N–H and O–H groups in total. The van der Waals surface area contributed by atoms with Gasteiger partial charge < -0.3 is 14.6 Å². The zero-order chi connectivity index (χ0) is 10.7. The first-order chi connectivity index (χ1) is 7.25. The fourth-order valence-corrected chi connectivity index (χ4v) is 1.75. The highest BCUT2D eigenvalue weighted by molar-refractivity contribution is 5.94. The molecule has 1 unspecified atom stereocenters. The molecular formula is C11H16N2O2. The number of hydrogen-bond acceptors (Lipinski definition) is 2. The summed E-state index contributed by atoms with van der Waals surface area (Å²) in [7, 11) is 1.90. The molecule has 1 aromatic heterocycles. The van der Waals surface area contributed by atoms with Crippen molar-refractivity contribution in [3.8, 4) is 0 Å². The van der Waals surface area contributed by atoms with Gasteiger partial charge >= 0.3 is 0 Å². The van der Waals surface area contributed by atoms with Gasteiger partial charge in [0, 0.05) is 32.6 Å². The molecule has 4 nitrogen and oxygen atoms in total. The molecular weight excluding hydrogens is 192 g/mol. The Balaban J connectivity index is 1.81. The van der Waals surface area contributed by atoms with Gasteiger partial charge in [0.05, 0.1) is 11.7 Å². The summed E-state index contributed by atoms with van der Waals surface area (Å²) >= 11 is 0. The zero-order valence-electron chi connectivity index (χ0n) is 8.90. The highest BCUT2D eigenvalue weighted by Gasteiger charge is 2.16. The first-order valence-corrected chi connectivity index (χ1v) is 5.27. The predicted octanol–water partition coefficient (Wildman–Crippen LogP) is 0.934. The topological polar surface area (TPSA) is 43.3 Å². The highest BCUT2D eigenvalue weighted by atomic mass is 16.5. The van der Waals surface area contributed by atoms with Crippen molar-refractivity contribution in [1.82, 2.24) is 9.88 Å². The van der Waals surface area contributed by atoms with Gasteiger partial charge in [-0.2, -0.15) is 0 Å². The van der Waals surface area contributed by atoms with Gasteiger partial charge in [-0.3, -0.25) is 4.79 Å². The Morgan fingerprint density at radius 3 is 3.20 bits per heavy atom. The molecule has 4 heteroatoms. The standard InChI is InChI=1S/C11H16N2O2/c1-13-5-4-9(8-13)11(14)12-7-10-3-2-6-15-10/h4-5,8,10H,2-3,6-7H2,1H3,(H,12,14). The molecule has 0 radical (unpaired) electrons. The summed E-state index contributed by atoms with van der Waals surface area (Å²) < 4.78 is 7.29. The Kier molecular flexibility index (Phi) is 3.06. The quantitative estimate of drug-likeness (QED) is 0.803. The van der Waals surface area contributed by atoms with Crippen molar-refractivity contribution in [3.05, 3.63) is 24.0 Å². The van der Waals surface area contributed by atoms with Crippen LogP contribution in [0.15, 0.2) is 18.5 Å². The van der Waals surface area contributed by atoms with Crippen LogP contribution < -0.4 is 5.32 Å². The van der Waals surface area contributed by atoms with Crippen molar-refractivity contribution in [1.29, 1.82) is 0 Å². The molecule has 1 aliphatic heterocycles. The van der Waals surface area contributed by atoms with E-state index in [1.54, 1.807) is 0 Å². The predicted molar refractivity (Wildman–Crippen MR) is 56.7 cm³/mol. The van der Waals surface area contributed by atoms with Gasteiger partial charge in [0.2, 0.25) is 0 Å². The lowest BCUT2D eigenvalue weighted by Crippen LogP contribution is -2.31. The molecule has 1 aliphatic rings. The van der Waals surface area contributed by atoms with E-state index in [9.17, 15) is 4.79 Å². The van der Waals surface area contributed by atoms with E-state index in [0.29, 0.717) is 12.1 Å². The largest absolute Gasteiger partial charge is 0.376 e. The first kappa shape index (κ1) is 10.2. The molecule has 0 aliphatic carbocycles. The number of nitrogens with zero attached hydrogens (tertiary/aromatic N) is 1. The number of aromatic nitrogens is 1. The molecule has 0 aromatic carbocycles. The second kappa shape index (κ2) is 4.49. The molecule has 1 atom stereocenters. The number of amides is 1. The molecule has 82 valence electrons. The number of aryl methyl sites for hydroxylation is 1. The van der Waals surface area contributed by atoms with Crippen molar-refractivity contribution in [2.75, 3.05) is 13.2 Å². The smallest absolute Gasteiger partial charge is 0.252 e. The summed E-state index contributed by atoms with van der Waals surface area (Å²) in [5, 5.41) is 2.88. The summed E-state index contributed by atoms with van der Waals surface area (Å²) in [4.78, 5) is 11.6. The van der Waals surface area contributed by atoms with Crippen LogP contribution in [0.25, 0.3) is 0 Å². The second-order valence-electron chi connectivity index (χ2n) is 3.91. The molecule has 2 rings (SSSR count). The first-order valence-electron chi connectivity index (χ1n) is 5.27. The van der Waals surface area contributed by atoms with Crippen molar-refractivity contribution in [2.24, 2.45) is 7.05 Å². The second-order valence-corrected chi connectivity index (χ2v) is 3.91. The van der Waals surface area contributed by atoms with Crippen LogP contribution in [0.1, 0.15) is 23.2 Å². The molecule has 1 aromatic rings. The van der Waals surface area contributed by atoms with Crippen LogP contribution in [0.5, 0.6) is 0 Å². The van der Waals surface area contributed by atoms with Gasteiger partial charge in [-0.25, -0.2) is 0 Å². The van der Waals surface area contributed by atoms with Crippen LogP contribution in [0, 0.1) is 0 Å². The number of carbonyl (C=O) groups excluding carboxylic acids is 1. The number of ether oxygens (including phenoxy) is 1. The lowest BCUT2D eigenvalue weighted by atomic mass is 10.2. The third kappa shape index (κ3) is 2.59. The fraction of sp³-hybridized carbons (Fsp3) is 0.545. The van der Waals surface area contributed by atoms with Crippen molar-refractivity contribution >= 4 is 5.91 Å². The highest BCUT2D eigenvalue weighted by Crippen LogP contribution is 2.10. The van der Waals surface area contributed by atoms with Crippen LogP contribution in [0.2, 0.25) is 0 Å². The molecule has 2 heterocycles. The minimum atomic E-state index is -0.0221. The Morgan fingerprint density at radius 1 is 1.73 bits per heavy atom. The number of hydrogen-bond donors (Lipinski definition) is 1. The lowest BCUT2D eigenvalue weighted by molar-refractivity contribution is 0.0858. The van der Waals surface area contributed by atoms with Crippen LogP contribution in [-0.4, -0.2) is 29.7 Å². The monoisotopic (exact) mass is 208 g/mol. The molecule has 15 heavy (non-hydrogen) atoms. The Bertz CT molecular complexity index is 340. The van der Waals surface area contributed by atoms with Crippen LogP contribution in [-0.2, 0) is 11.8 Å². The summed E-state index contributed by atoms with van der Waals surface area (Å²) in [6.45, 7) is 1.44. The molecule has 1 fully saturated rings. The lowest BCUT2D eigenvalue weighted by Gasteiger charge is -2.09. The van der Waals surface area contributed by atoms with Crippen LogP contribution in [0.4, 0.5) is 0 Å². The van der Waals surface area contributed by atoms with Crippen LogP contribution in [0.3, 0.4) is 0 Å². The average molecular weight is 208 g/mol. The van der Waals surface area contributed by atoms with Gasteiger partial charge in [0.1, 0.15) is 0 Å². The molecule has 1 amide bonds. The summed E-state index contributed by atoms with van der Waals surface area (Å²) in [6, 6.07) is 1.81. The minimum Gasteiger partial charge on any atom is -0.376 e. The number of carbonyl (C=O) groups is 1. The van der Waals surface area contributed by atoms with Crippen molar-refractivity contribution in [2.45, 2.75) is 18.9 Å². The van der Waals surface area contributed by atoms with Gasteiger partial charge in [0.25, 0.3) is 5.91 Å². The van der Waals surface area contributed by atoms with E-state index in [-0.39, 0.29) is 12.0 Å². The van der Waals surface area contributed by atoms with Crippen LogP contribution >= 0.6 is 0 Å². The van der Waals surface area contributed by atoms with E-state index >= 15 is 0 Å². The Hall–Kier alpha value is -1.29. The third-order valence-electron chi connectivity index (χ3n) is 2.61. The van der Waals surface area contributed by atoms with E-state index in [4.69, 9.17) is 4.74 Å². The maximum absolute atomic E-state index is 11.6. The maximum atomic E-state index is 11.6. The van der Waals surface area contributed by atoms with E-state index in [1.807, 2.05) is 30.1 Å². The van der Waals surface area contributed by atoms with Gasteiger partial charge in [0.15, 0.2) is 0 Å². The van der Waals surface area contributed by atoms with E-state index < -0.39 is 0 Å². The van der Waals surface area contributed by atoms with Crippen molar-refractivity contribution in [3.63, 3.8) is 0 Å².